The summed E-state index contributed by atoms with van der Waals surface area (Å²) in [6.45, 7) is 19.5. The highest BCUT2D eigenvalue weighted by atomic mass is 16.4. The number of benzene rings is 1. The van der Waals surface area contributed by atoms with Crippen LogP contribution in [-0.4, -0.2) is 47.9 Å². The van der Waals surface area contributed by atoms with Gasteiger partial charge in [0.25, 0.3) is 5.91 Å². The lowest BCUT2D eigenvalue weighted by atomic mass is 9.62. The lowest BCUT2D eigenvalue weighted by Crippen LogP contribution is -2.50. The van der Waals surface area contributed by atoms with Gasteiger partial charge in [-0.25, -0.2) is 0 Å². The molecule has 0 radical (unpaired) electrons. The van der Waals surface area contributed by atoms with Crippen molar-refractivity contribution >= 4 is 5.91 Å². The van der Waals surface area contributed by atoms with Crippen LogP contribution >= 0.6 is 0 Å². The van der Waals surface area contributed by atoms with Crippen molar-refractivity contribution in [3.05, 3.63) is 58.0 Å². The molecular formula is C28H40N2O2. The zero-order valence-electron chi connectivity index (χ0n) is 21.0. The van der Waals surface area contributed by atoms with Crippen LogP contribution in [0.3, 0.4) is 0 Å². The van der Waals surface area contributed by atoms with E-state index in [4.69, 9.17) is 4.42 Å². The molecule has 4 rings (SSSR count). The van der Waals surface area contributed by atoms with Gasteiger partial charge in [0.15, 0.2) is 5.76 Å². The Labute approximate surface area is 194 Å². The van der Waals surface area contributed by atoms with Gasteiger partial charge in [0, 0.05) is 38.6 Å². The topological polar surface area (TPSA) is 36.7 Å². The van der Waals surface area contributed by atoms with Gasteiger partial charge in [-0.3, -0.25) is 9.69 Å². The maximum Gasteiger partial charge on any atom is 0.289 e. The van der Waals surface area contributed by atoms with Gasteiger partial charge in [-0.2, -0.15) is 0 Å². The van der Waals surface area contributed by atoms with Gasteiger partial charge in [-0.1, -0.05) is 39.8 Å². The molecule has 1 aliphatic carbocycles. The number of carbonyl (C=O) groups excluding carboxylic acids is 1. The van der Waals surface area contributed by atoms with E-state index in [0.717, 1.165) is 38.4 Å². The summed E-state index contributed by atoms with van der Waals surface area (Å²) in [7, 11) is 0. The Hall–Kier alpha value is -2.07. The monoisotopic (exact) mass is 436 g/mol. The quantitative estimate of drug-likeness (QED) is 0.617. The molecule has 32 heavy (non-hydrogen) atoms. The van der Waals surface area contributed by atoms with E-state index in [9.17, 15) is 4.79 Å². The van der Waals surface area contributed by atoms with E-state index < -0.39 is 0 Å². The second-order valence-electron chi connectivity index (χ2n) is 11.5. The molecule has 4 heteroatoms. The van der Waals surface area contributed by atoms with Gasteiger partial charge >= 0.3 is 0 Å². The first-order valence-corrected chi connectivity index (χ1v) is 12.2. The van der Waals surface area contributed by atoms with E-state index in [1.54, 1.807) is 0 Å². The second-order valence-corrected chi connectivity index (χ2v) is 11.5. The highest BCUT2D eigenvalue weighted by molar-refractivity contribution is 5.91. The molecule has 174 valence electrons. The highest BCUT2D eigenvalue weighted by Crippen LogP contribution is 2.46. The minimum Gasteiger partial charge on any atom is -0.456 e. The van der Waals surface area contributed by atoms with Crippen molar-refractivity contribution in [1.29, 1.82) is 0 Å². The molecule has 0 unspecified atom stereocenters. The number of carbonyl (C=O) groups is 1. The summed E-state index contributed by atoms with van der Waals surface area (Å²) in [5.41, 5.74) is 5.98. The van der Waals surface area contributed by atoms with E-state index in [1.165, 1.54) is 35.1 Å². The maximum atomic E-state index is 13.0. The molecule has 0 bridgehead atoms. The van der Waals surface area contributed by atoms with Crippen LogP contribution < -0.4 is 0 Å². The van der Waals surface area contributed by atoms with Crippen molar-refractivity contribution in [3.63, 3.8) is 0 Å². The highest BCUT2D eigenvalue weighted by Gasteiger charge is 2.37. The molecule has 1 fully saturated rings. The summed E-state index contributed by atoms with van der Waals surface area (Å²) in [5.74, 6) is 1.35. The Morgan fingerprint density at radius 3 is 2.16 bits per heavy atom. The summed E-state index contributed by atoms with van der Waals surface area (Å²) in [6, 6.07) is 9.16. The summed E-state index contributed by atoms with van der Waals surface area (Å²) in [4.78, 5) is 17.3. The lowest BCUT2D eigenvalue weighted by molar-refractivity contribution is 0.0564. The molecule has 0 saturated carbocycles. The SMILES string of the molecule is Cc1cc2c(cc1Cc1ccc(C(=O)N3CCN(C(C)C)CC3)o1)C(C)(C)CCC2(C)C. The van der Waals surface area contributed by atoms with Crippen LogP contribution in [0.5, 0.6) is 0 Å². The number of rotatable bonds is 4. The molecule has 1 aromatic heterocycles. The van der Waals surface area contributed by atoms with Crippen molar-refractivity contribution in [2.24, 2.45) is 0 Å². The summed E-state index contributed by atoms with van der Waals surface area (Å²) in [5, 5.41) is 0. The van der Waals surface area contributed by atoms with E-state index in [-0.39, 0.29) is 16.7 Å². The van der Waals surface area contributed by atoms with Crippen LogP contribution in [0.2, 0.25) is 0 Å². The molecule has 1 saturated heterocycles. The molecule has 2 heterocycles. The van der Waals surface area contributed by atoms with Crippen LogP contribution in [0.15, 0.2) is 28.7 Å². The molecule has 0 spiro atoms. The smallest absolute Gasteiger partial charge is 0.289 e. The van der Waals surface area contributed by atoms with Gasteiger partial charge in [-0.15, -0.1) is 0 Å². The summed E-state index contributed by atoms with van der Waals surface area (Å²) in [6.07, 6.45) is 3.16. The molecule has 2 aromatic rings. The molecule has 1 amide bonds. The zero-order valence-corrected chi connectivity index (χ0v) is 21.0. The third kappa shape index (κ3) is 4.39. The van der Waals surface area contributed by atoms with Crippen molar-refractivity contribution in [1.82, 2.24) is 9.80 Å². The number of hydrogen-bond donors (Lipinski definition) is 0. The average Bonchev–Trinajstić information content (AvgIpc) is 3.20. The van der Waals surface area contributed by atoms with Crippen molar-refractivity contribution in [2.45, 2.75) is 84.6 Å². The number of furan rings is 1. The fraction of sp³-hybridized carbons (Fsp3) is 0.607. The minimum atomic E-state index is 0.0182. The van der Waals surface area contributed by atoms with Gasteiger partial charge in [0.2, 0.25) is 0 Å². The number of nitrogens with zero attached hydrogens (tertiary/aromatic N) is 2. The van der Waals surface area contributed by atoms with Crippen molar-refractivity contribution in [3.8, 4) is 0 Å². The fourth-order valence-electron chi connectivity index (χ4n) is 5.33. The first kappa shape index (κ1) is 23.1. The van der Waals surface area contributed by atoms with Gasteiger partial charge in [-0.05, 0) is 78.8 Å². The van der Waals surface area contributed by atoms with Crippen molar-refractivity contribution < 1.29 is 9.21 Å². The summed E-state index contributed by atoms with van der Waals surface area (Å²) >= 11 is 0. The number of fused-ring (bicyclic) bond motifs is 1. The van der Waals surface area contributed by atoms with E-state index in [2.05, 4.69) is 65.5 Å². The predicted octanol–water partition coefficient (Wildman–Crippen LogP) is 5.69. The number of aryl methyl sites for hydroxylation is 1. The Morgan fingerprint density at radius 2 is 1.56 bits per heavy atom. The van der Waals surface area contributed by atoms with Crippen LogP contribution in [-0.2, 0) is 17.3 Å². The number of piperazine rings is 1. The van der Waals surface area contributed by atoms with Crippen LogP contribution in [0.1, 0.15) is 93.0 Å². The second kappa shape index (κ2) is 8.37. The molecule has 0 N–H and O–H groups in total. The van der Waals surface area contributed by atoms with E-state index in [0.29, 0.717) is 11.8 Å². The Kier molecular flexibility index (Phi) is 6.04. The molecule has 1 aliphatic heterocycles. The Morgan fingerprint density at radius 1 is 0.969 bits per heavy atom. The van der Waals surface area contributed by atoms with Crippen LogP contribution in [0, 0.1) is 6.92 Å². The Bertz CT molecular complexity index is 991. The van der Waals surface area contributed by atoms with Gasteiger partial charge in [0.05, 0.1) is 0 Å². The largest absolute Gasteiger partial charge is 0.456 e. The maximum absolute atomic E-state index is 13.0. The zero-order chi connectivity index (χ0) is 23.3. The van der Waals surface area contributed by atoms with Crippen LogP contribution in [0.4, 0.5) is 0 Å². The number of hydrogen-bond acceptors (Lipinski definition) is 3. The normalized spacial score (nSPS) is 20.4. The summed E-state index contributed by atoms with van der Waals surface area (Å²) < 4.78 is 6.06. The molecule has 2 aliphatic rings. The van der Waals surface area contributed by atoms with Crippen molar-refractivity contribution in [2.75, 3.05) is 26.2 Å². The first-order chi connectivity index (χ1) is 15.0. The lowest BCUT2D eigenvalue weighted by Gasteiger charge is -2.42. The Balaban J connectivity index is 1.51. The molecule has 4 nitrogen and oxygen atoms in total. The van der Waals surface area contributed by atoms with Crippen LogP contribution in [0.25, 0.3) is 0 Å². The first-order valence-electron chi connectivity index (χ1n) is 12.2. The minimum absolute atomic E-state index is 0.0182. The van der Waals surface area contributed by atoms with E-state index in [1.807, 2.05) is 17.0 Å². The molecule has 0 atom stereocenters. The predicted molar refractivity (Wildman–Crippen MR) is 131 cm³/mol. The molecular weight excluding hydrogens is 396 g/mol. The third-order valence-electron chi connectivity index (χ3n) is 7.88. The third-order valence-corrected chi connectivity index (χ3v) is 7.88. The van der Waals surface area contributed by atoms with Gasteiger partial charge < -0.3 is 9.32 Å². The molecule has 1 aromatic carbocycles. The number of amides is 1. The van der Waals surface area contributed by atoms with E-state index >= 15 is 0 Å². The standard InChI is InChI=1S/C28H40N2O2/c1-19(2)29-12-14-30(15-13-29)26(31)25-9-8-22(32-25)17-21-18-24-23(16-20(21)3)27(4,5)10-11-28(24,6)7/h8-9,16,18-19H,10-15,17H2,1-7H3. The fourth-order valence-corrected chi connectivity index (χ4v) is 5.33. The van der Waals surface area contributed by atoms with Gasteiger partial charge in [0.1, 0.15) is 5.76 Å². The average molecular weight is 437 g/mol.